The summed E-state index contributed by atoms with van der Waals surface area (Å²) < 4.78 is 13.8. The van der Waals surface area contributed by atoms with Crippen molar-refractivity contribution in [3.63, 3.8) is 0 Å². The van der Waals surface area contributed by atoms with Crippen molar-refractivity contribution in [2.45, 2.75) is 13.3 Å². The highest BCUT2D eigenvalue weighted by molar-refractivity contribution is 7.13. The van der Waals surface area contributed by atoms with Gasteiger partial charge in [-0.15, -0.1) is 11.3 Å². The maximum absolute atomic E-state index is 13.8. The number of benzene rings is 1. The largest absolute Gasteiger partial charge is 0.355 e. The number of hydrogen-bond donors (Lipinski definition) is 0. The van der Waals surface area contributed by atoms with Crippen molar-refractivity contribution < 1.29 is 9.18 Å². The molecule has 0 aliphatic carbocycles. The van der Waals surface area contributed by atoms with Crippen LogP contribution >= 0.6 is 11.3 Å². The third-order valence-corrected chi connectivity index (χ3v) is 8.31. The van der Waals surface area contributed by atoms with Crippen molar-refractivity contribution in [3.05, 3.63) is 71.8 Å². The number of thiazole rings is 1. The lowest BCUT2D eigenvalue weighted by atomic mass is 9.79. The summed E-state index contributed by atoms with van der Waals surface area (Å²) in [6.07, 6.45) is 4.04. The number of hydrogen-bond acceptors (Lipinski definition) is 7. The van der Waals surface area contributed by atoms with E-state index in [1.807, 2.05) is 13.0 Å². The zero-order valence-corrected chi connectivity index (χ0v) is 21.1. The van der Waals surface area contributed by atoms with Gasteiger partial charge in [0.15, 0.2) is 0 Å². The highest BCUT2D eigenvalue weighted by atomic mass is 32.1. The third kappa shape index (κ3) is 3.85. The fourth-order valence-corrected chi connectivity index (χ4v) is 6.28. The zero-order chi connectivity index (χ0) is 25.7. The summed E-state index contributed by atoms with van der Waals surface area (Å²) in [5.74, 6) is 0.197. The van der Waals surface area contributed by atoms with Crippen molar-refractivity contribution in [2.24, 2.45) is 5.41 Å². The molecule has 0 saturated carbocycles. The number of nitriles is 1. The minimum atomic E-state index is -0.346. The second kappa shape index (κ2) is 8.75. The molecule has 9 heteroatoms. The number of carbonyl (C=O) groups is 1. The number of aryl methyl sites for hydroxylation is 1. The Morgan fingerprint density at radius 3 is 2.68 bits per heavy atom. The average Bonchev–Trinajstić information content (AvgIpc) is 3.53. The van der Waals surface area contributed by atoms with Gasteiger partial charge in [0.1, 0.15) is 23.3 Å². The molecule has 0 N–H and O–H groups in total. The van der Waals surface area contributed by atoms with Crippen LogP contribution in [-0.4, -0.2) is 51.9 Å². The van der Waals surface area contributed by atoms with Crippen LogP contribution in [0.2, 0.25) is 0 Å². The summed E-state index contributed by atoms with van der Waals surface area (Å²) in [7, 11) is 0. The van der Waals surface area contributed by atoms with E-state index >= 15 is 0 Å². The molecule has 5 heterocycles. The summed E-state index contributed by atoms with van der Waals surface area (Å²) in [6, 6.07) is 10.5. The van der Waals surface area contributed by atoms with Crippen molar-refractivity contribution in [1.82, 2.24) is 19.9 Å². The molecule has 0 bridgehead atoms. The highest BCUT2D eigenvalue weighted by Crippen LogP contribution is 2.44. The molecule has 1 spiro atoms. The monoisotopic (exact) mass is 510 g/mol. The molecule has 6 rings (SSSR count). The van der Waals surface area contributed by atoms with Gasteiger partial charge in [-0.2, -0.15) is 5.26 Å². The van der Waals surface area contributed by atoms with Gasteiger partial charge in [-0.25, -0.2) is 14.4 Å². The van der Waals surface area contributed by atoms with Gasteiger partial charge in [0.05, 0.1) is 27.1 Å². The molecule has 2 aliphatic heterocycles. The molecule has 2 aliphatic rings. The topological polar surface area (TPSA) is 86.0 Å². The first-order valence-corrected chi connectivity index (χ1v) is 12.9. The first-order chi connectivity index (χ1) is 17.9. The van der Waals surface area contributed by atoms with E-state index in [9.17, 15) is 14.4 Å². The van der Waals surface area contributed by atoms with Gasteiger partial charge in [-0.05, 0) is 43.2 Å². The maximum atomic E-state index is 13.8. The molecule has 3 aromatic heterocycles. The van der Waals surface area contributed by atoms with Crippen LogP contribution in [0.4, 0.5) is 10.2 Å². The molecule has 7 nitrogen and oxygen atoms in total. The third-order valence-electron chi connectivity index (χ3n) is 7.33. The van der Waals surface area contributed by atoms with Crippen LogP contribution in [0.25, 0.3) is 32.6 Å². The Morgan fingerprint density at radius 1 is 1.22 bits per heavy atom. The predicted molar refractivity (Wildman–Crippen MR) is 142 cm³/mol. The standard InChI is InChI=1S/C28H23FN6OS/c1-3-23(36)35-14-28(15-35)8-9-34(13-28)27-21(11-30)24(18-4-6-20(29)7-5-18)25-22(33-27)10-19(12-31-25)26-17(2)32-16-37-26/h3-7,10,12,16H,1,8-9,13-15H2,2H3. The van der Waals surface area contributed by atoms with Gasteiger partial charge < -0.3 is 9.80 Å². The molecule has 1 amide bonds. The number of carbonyl (C=O) groups excluding carboxylic acids is 1. The number of aromatic nitrogens is 3. The number of fused-ring (bicyclic) bond motifs is 1. The van der Waals surface area contributed by atoms with Crippen LogP contribution < -0.4 is 4.90 Å². The second-order valence-corrected chi connectivity index (χ2v) is 10.6. The first kappa shape index (κ1) is 23.3. The molecule has 4 aromatic rings. The van der Waals surface area contributed by atoms with Gasteiger partial charge in [0, 0.05) is 48.9 Å². The predicted octanol–water partition coefficient (Wildman–Crippen LogP) is 4.96. The van der Waals surface area contributed by atoms with Gasteiger partial charge in [-0.1, -0.05) is 18.7 Å². The fourth-order valence-electron chi connectivity index (χ4n) is 5.49. The number of halogens is 1. The number of likely N-dealkylation sites (tertiary alicyclic amines) is 1. The van der Waals surface area contributed by atoms with Crippen molar-refractivity contribution >= 4 is 34.1 Å². The van der Waals surface area contributed by atoms with E-state index in [0.717, 1.165) is 29.1 Å². The molecule has 2 saturated heterocycles. The number of anilines is 1. The van der Waals surface area contributed by atoms with E-state index in [2.05, 4.69) is 22.5 Å². The lowest BCUT2D eigenvalue weighted by Gasteiger charge is -2.47. The normalized spacial score (nSPS) is 16.1. The van der Waals surface area contributed by atoms with Crippen LogP contribution in [0.15, 0.2) is 54.7 Å². The summed E-state index contributed by atoms with van der Waals surface area (Å²) in [4.78, 5) is 31.1. The smallest absolute Gasteiger partial charge is 0.245 e. The Bertz CT molecular complexity index is 1600. The van der Waals surface area contributed by atoms with Crippen LogP contribution in [0, 0.1) is 29.5 Å². The summed E-state index contributed by atoms with van der Waals surface area (Å²) in [5.41, 5.74) is 6.66. The Kier molecular flexibility index (Phi) is 5.50. The summed E-state index contributed by atoms with van der Waals surface area (Å²) in [5, 5.41) is 10.3. The van der Waals surface area contributed by atoms with Crippen LogP contribution in [0.1, 0.15) is 17.7 Å². The van der Waals surface area contributed by atoms with Crippen molar-refractivity contribution in [2.75, 3.05) is 31.1 Å². The van der Waals surface area contributed by atoms with Gasteiger partial charge in [-0.3, -0.25) is 9.78 Å². The zero-order valence-electron chi connectivity index (χ0n) is 20.2. The van der Waals surface area contributed by atoms with E-state index in [1.165, 1.54) is 18.2 Å². The van der Waals surface area contributed by atoms with Gasteiger partial charge in [0.2, 0.25) is 5.91 Å². The molecule has 184 valence electrons. The van der Waals surface area contributed by atoms with E-state index in [-0.39, 0.29) is 17.1 Å². The van der Waals surface area contributed by atoms with Crippen molar-refractivity contribution in [3.8, 4) is 27.6 Å². The molecule has 2 fully saturated rings. The molecule has 0 unspecified atom stereocenters. The SMILES string of the molecule is C=CC(=O)N1CC2(CCN(c3nc4cc(-c5scnc5C)cnc4c(-c4ccc(F)cc4)c3C#N)C2)C1. The van der Waals surface area contributed by atoms with Crippen molar-refractivity contribution in [1.29, 1.82) is 5.26 Å². The quantitative estimate of drug-likeness (QED) is 0.361. The molecule has 0 atom stereocenters. The first-order valence-electron chi connectivity index (χ1n) is 12.0. The number of amides is 1. The Labute approximate surface area is 217 Å². The average molecular weight is 511 g/mol. The molecule has 1 aromatic carbocycles. The second-order valence-electron chi connectivity index (χ2n) is 9.73. The molecule has 37 heavy (non-hydrogen) atoms. The van der Waals surface area contributed by atoms with Crippen LogP contribution in [-0.2, 0) is 4.79 Å². The van der Waals surface area contributed by atoms with E-state index in [1.54, 1.807) is 40.1 Å². The molecule has 0 radical (unpaired) electrons. The van der Waals surface area contributed by atoms with Crippen LogP contribution in [0.3, 0.4) is 0 Å². The summed E-state index contributed by atoms with van der Waals surface area (Å²) >= 11 is 1.54. The fraction of sp³-hybridized carbons (Fsp3) is 0.250. The Morgan fingerprint density at radius 2 is 2.00 bits per heavy atom. The maximum Gasteiger partial charge on any atom is 0.245 e. The summed E-state index contributed by atoms with van der Waals surface area (Å²) in [6.45, 7) is 8.32. The molecular formula is C28H23FN6OS. The van der Waals surface area contributed by atoms with E-state index in [0.29, 0.717) is 53.2 Å². The minimum absolute atomic E-state index is 0.0160. The van der Waals surface area contributed by atoms with Gasteiger partial charge in [0.25, 0.3) is 0 Å². The molecular weight excluding hydrogens is 487 g/mol. The van der Waals surface area contributed by atoms with E-state index < -0.39 is 0 Å². The number of rotatable bonds is 4. The Hall–Kier alpha value is -4.16. The number of nitrogens with zero attached hydrogens (tertiary/aromatic N) is 6. The van der Waals surface area contributed by atoms with Gasteiger partial charge >= 0.3 is 0 Å². The Balaban J connectivity index is 1.48. The lowest BCUT2D eigenvalue weighted by Crippen LogP contribution is -2.59. The highest BCUT2D eigenvalue weighted by Gasteiger charge is 2.49. The van der Waals surface area contributed by atoms with Crippen LogP contribution in [0.5, 0.6) is 0 Å². The number of pyridine rings is 2. The lowest BCUT2D eigenvalue weighted by molar-refractivity contribution is -0.136. The minimum Gasteiger partial charge on any atom is -0.355 e. The van der Waals surface area contributed by atoms with E-state index in [4.69, 9.17) is 9.97 Å².